The van der Waals surface area contributed by atoms with Gasteiger partial charge in [-0.05, 0) is 29.3 Å². The summed E-state index contributed by atoms with van der Waals surface area (Å²) in [7, 11) is 0. The monoisotopic (exact) mass is 291 g/mol. The van der Waals surface area contributed by atoms with Gasteiger partial charge >= 0.3 is 12.1 Å². The van der Waals surface area contributed by atoms with Crippen molar-refractivity contribution in [2.75, 3.05) is 0 Å². The van der Waals surface area contributed by atoms with Gasteiger partial charge in [0.2, 0.25) is 0 Å². The van der Waals surface area contributed by atoms with E-state index in [2.05, 4.69) is 0 Å². The number of nitriles is 1. The number of aromatic carboxylic acids is 1. The van der Waals surface area contributed by atoms with E-state index >= 15 is 0 Å². The Labute approximate surface area is 117 Å². The van der Waals surface area contributed by atoms with E-state index < -0.39 is 23.3 Å². The van der Waals surface area contributed by atoms with E-state index in [9.17, 15) is 18.0 Å². The molecule has 0 aliphatic heterocycles. The molecule has 0 unspecified atom stereocenters. The molecule has 0 amide bonds. The third kappa shape index (κ3) is 2.87. The van der Waals surface area contributed by atoms with Crippen LogP contribution in [0.3, 0.4) is 0 Å². The topological polar surface area (TPSA) is 61.1 Å². The van der Waals surface area contributed by atoms with E-state index in [0.717, 1.165) is 6.07 Å². The minimum atomic E-state index is -4.79. The molecule has 2 aromatic rings. The third-order valence-electron chi connectivity index (χ3n) is 2.90. The highest BCUT2D eigenvalue weighted by Crippen LogP contribution is 2.39. The normalized spacial score (nSPS) is 11.0. The third-order valence-corrected chi connectivity index (χ3v) is 2.90. The standard InChI is InChI=1S/C15H8F3NO2/c16-15(17,18)13-11(2-1-3-12(13)14(20)21)10-6-4-9(8-19)5-7-10/h1-7H,(H,20,21). The predicted octanol–water partition coefficient (Wildman–Crippen LogP) is 3.94. The molecular weight excluding hydrogens is 283 g/mol. The van der Waals surface area contributed by atoms with Gasteiger partial charge in [0, 0.05) is 0 Å². The first-order valence-corrected chi connectivity index (χ1v) is 5.78. The van der Waals surface area contributed by atoms with Crippen LogP contribution in [0.2, 0.25) is 0 Å². The average Bonchev–Trinajstić information content (AvgIpc) is 2.45. The maximum Gasteiger partial charge on any atom is 0.417 e. The molecule has 21 heavy (non-hydrogen) atoms. The Balaban J connectivity index is 2.71. The molecule has 0 heterocycles. The second kappa shape index (κ2) is 5.29. The van der Waals surface area contributed by atoms with Crippen molar-refractivity contribution in [2.45, 2.75) is 6.18 Å². The first-order valence-electron chi connectivity index (χ1n) is 5.78. The zero-order valence-corrected chi connectivity index (χ0v) is 10.5. The van der Waals surface area contributed by atoms with Gasteiger partial charge in [0.15, 0.2) is 0 Å². The Bertz CT molecular complexity index is 728. The lowest BCUT2D eigenvalue weighted by molar-refractivity contribution is -0.137. The number of hydrogen-bond acceptors (Lipinski definition) is 2. The number of halogens is 3. The van der Waals surface area contributed by atoms with Gasteiger partial charge in [0.05, 0.1) is 22.8 Å². The maximum absolute atomic E-state index is 13.2. The van der Waals surface area contributed by atoms with Crippen LogP contribution in [-0.4, -0.2) is 11.1 Å². The van der Waals surface area contributed by atoms with Gasteiger partial charge < -0.3 is 5.11 Å². The largest absolute Gasteiger partial charge is 0.478 e. The van der Waals surface area contributed by atoms with Crippen LogP contribution < -0.4 is 0 Å². The molecule has 0 fully saturated rings. The number of nitrogens with zero attached hydrogens (tertiary/aromatic N) is 1. The SMILES string of the molecule is N#Cc1ccc(-c2cccc(C(=O)O)c2C(F)(F)F)cc1. The Hall–Kier alpha value is -2.81. The molecule has 0 saturated heterocycles. The lowest BCUT2D eigenvalue weighted by atomic mass is 9.94. The second-order valence-electron chi connectivity index (χ2n) is 4.22. The molecule has 2 rings (SSSR count). The number of carboxylic acid groups (broad SMARTS) is 1. The maximum atomic E-state index is 13.2. The Morgan fingerprint density at radius 1 is 1.10 bits per heavy atom. The first-order chi connectivity index (χ1) is 9.84. The highest BCUT2D eigenvalue weighted by molar-refractivity contribution is 5.92. The van der Waals surface area contributed by atoms with E-state index in [1.54, 1.807) is 0 Å². The number of carbonyl (C=O) groups is 1. The molecule has 0 aliphatic carbocycles. The van der Waals surface area contributed by atoms with Crippen LogP contribution in [0.4, 0.5) is 13.2 Å². The zero-order chi connectivity index (χ0) is 15.6. The molecule has 3 nitrogen and oxygen atoms in total. The molecule has 0 aliphatic rings. The van der Waals surface area contributed by atoms with Gasteiger partial charge in [-0.15, -0.1) is 0 Å². The summed E-state index contributed by atoms with van der Waals surface area (Å²) in [5.74, 6) is -1.64. The highest BCUT2D eigenvalue weighted by Gasteiger charge is 2.38. The van der Waals surface area contributed by atoms with E-state index in [1.165, 1.54) is 36.4 Å². The smallest absolute Gasteiger partial charge is 0.417 e. The summed E-state index contributed by atoms with van der Waals surface area (Å²) in [4.78, 5) is 11.0. The number of rotatable bonds is 2. The molecule has 0 saturated carbocycles. The highest BCUT2D eigenvalue weighted by atomic mass is 19.4. The average molecular weight is 291 g/mol. The molecule has 0 spiro atoms. The molecule has 6 heteroatoms. The lowest BCUT2D eigenvalue weighted by Gasteiger charge is -2.15. The number of hydrogen-bond donors (Lipinski definition) is 1. The van der Waals surface area contributed by atoms with Gasteiger partial charge in [-0.3, -0.25) is 0 Å². The van der Waals surface area contributed by atoms with Crippen LogP contribution in [0.5, 0.6) is 0 Å². The predicted molar refractivity (Wildman–Crippen MR) is 68.6 cm³/mol. The Morgan fingerprint density at radius 3 is 2.19 bits per heavy atom. The van der Waals surface area contributed by atoms with Crippen LogP contribution in [0.1, 0.15) is 21.5 Å². The number of benzene rings is 2. The molecule has 0 radical (unpaired) electrons. The van der Waals surface area contributed by atoms with Crippen LogP contribution >= 0.6 is 0 Å². The second-order valence-corrected chi connectivity index (χ2v) is 4.22. The fourth-order valence-electron chi connectivity index (χ4n) is 2.00. The van der Waals surface area contributed by atoms with Crippen molar-refractivity contribution < 1.29 is 23.1 Å². The van der Waals surface area contributed by atoms with Crippen molar-refractivity contribution in [2.24, 2.45) is 0 Å². The van der Waals surface area contributed by atoms with Crippen LogP contribution in [-0.2, 0) is 6.18 Å². The molecule has 0 aromatic heterocycles. The summed E-state index contributed by atoms with van der Waals surface area (Å²) in [5, 5.41) is 17.6. The summed E-state index contributed by atoms with van der Waals surface area (Å²) < 4.78 is 39.6. The molecule has 2 aromatic carbocycles. The van der Waals surface area contributed by atoms with Crippen molar-refractivity contribution in [3.05, 3.63) is 59.2 Å². The van der Waals surface area contributed by atoms with Crippen LogP contribution in [0.25, 0.3) is 11.1 Å². The van der Waals surface area contributed by atoms with Crippen LogP contribution in [0.15, 0.2) is 42.5 Å². The van der Waals surface area contributed by atoms with Crippen molar-refractivity contribution in [1.82, 2.24) is 0 Å². The van der Waals surface area contributed by atoms with Crippen molar-refractivity contribution in [3.8, 4) is 17.2 Å². The van der Waals surface area contributed by atoms with E-state index in [4.69, 9.17) is 10.4 Å². The Morgan fingerprint density at radius 2 is 1.71 bits per heavy atom. The number of carboxylic acids is 1. The molecule has 1 N–H and O–H groups in total. The van der Waals surface area contributed by atoms with Gasteiger partial charge in [0.25, 0.3) is 0 Å². The molecule has 0 bridgehead atoms. The zero-order valence-electron chi connectivity index (χ0n) is 10.5. The minimum Gasteiger partial charge on any atom is -0.478 e. The summed E-state index contributed by atoms with van der Waals surface area (Å²) in [6.45, 7) is 0. The quantitative estimate of drug-likeness (QED) is 0.911. The lowest BCUT2D eigenvalue weighted by Crippen LogP contribution is -2.14. The summed E-state index contributed by atoms with van der Waals surface area (Å²) in [6.07, 6.45) is -4.79. The van der Waals surface area contributed by atoms with Crippen molar-refractivity contribution in [1.29, 1.82) is 5.26 Å². The van der Waals surface area contributed by atoms with Crippen molar-refractivity contribution in [3.63, 3.8) is 0 Å². The molecular formula is C15H8F3NO2. The number of alkyl halides is 3. The van der Waals surface area contributed by atoms with Crippen LogP contribution in [0, 0.1) is 11.3 Å². The first kappa shape index (κ1) is 14.6. The van der Waals surface area contributed by atoms with Gasteiger partial charge in [-0.2, -0.15) is 18.4 Å². The summed E-state index contributed by atoms with van der Waals surface area (Å²) in [5.41, 5.74) is -1.72. The van der Waals surface area contributed by atoms with E-state index in [0.29, 0.717) is 5.56 Å². The minimum absolute atomic E-state index is 0.199. The summed E-state index contributed by atoms with van der Waals surface area (Å²) >= 11 is 0. The molecule has 0 atom stereocenters. The van der Waals surface area contributed by atoms with Gasteiger partial charge in [-0.1, -0.05) is 24.3 Å². The fraction of sp³-hybridized carbons (Fsp3) is 0.0667. The van der Waals surface area contributed by atoms with E-state index in [-0.39, 0.29) is 11.1 Å². The van der Waals surface area contributed by atoms with Gasteiger partial charge in [-0.25, -0.2) is 4.79 Å². The Kier molecular flexibility index (Phi) is 3.68. The fourth-order valence-corrected chi connectivity index (χ4v) is 2.00. The van der Waals surface area contributed by atoms with Gasteiger partial charge in [0.1, 0.15) is 0 Å². The van der Waals surface area contributed by atoms with Crippen molar-refractivity contribution >= 4 is 5.97 Å². The molecule has 106 valence electrons. The van der Waals surface area contributed by atoms with E-state index in [1.807, 2.05) is 6.07 Å². The summed E-state index contributed by atoms with van der Waals surface area (Å²) in [6, 6.07) is 10.7.